The van der Waals surface area contributed by atoms with E-state index in [1.165, 1.54) is 41.5 Å². The van der Waals surface area contributed by atoms with Crippen LogP contribution < -0.4 is 42.2 Å². The molecule has 5 heterocycles. The monoisotopic (exact) mass is 1030 g/mol. The SMILES string of the molecule is CC[C@@H](Nc1c(Nc2cccc(C(=O)N(C)CCNC(=O)CNC(=O)CCCCCNC(=O)COc3ccc(/C=C/c4ccc5n4[B-](F)(F)[N+]4=C(c6cccs6)C=CC4=C5)cc3)c2O)c(=O)c1=O)c1ccc(C)o1. The number of likely N-dealkylation sites (N-methyl/N-ethyl adjacent to an activating group) is 1. The predicted octanol–water partition coefficient (Wildman–Crippen LogP) is 6.94. The number of halogens is 2. The first-order chi connectivity index (χ1) is 35.6. The quantitative estimate of drug-likeness (QED) is 0.0158. The van der Waals surface area contributed by atoms with Gasteiger partial charge in [-0.1, -0.05) is 43.7 Å². The molecule has 0 saturated heterocycles. The molecule has 1 atom stereocenters. The molecule has 0 radical (unpaired) electrons. The van der Waals surface area contributed by atoms with Crippen LogP contribution in [-0.2, 0) is 14.4 Å². The molecule has 0 saturated carbocycles. The normalized spacial score (nSPS) is 13.8. The number of phenolic OH excluding ortho intramolecular Hbond substituents is 1. The molecule has 17 nitrogen and oxygen atoms in total. The number of hydrogen-bond acceptors (Lipinski definition) is 12. The fraction of sp³-hybridized carbons (Fsp3) is 0.264. The van der Waals surface area contributed by atoms with E-state index >= 15 is 8.63 Å². The van der Waals surface area contributed by atoms with Crippen LogP contribution in [0.2, 0.25) is 0 Å². The van der Waals surface area contributed by atoms with E-state index in [2.05, 4.69) is 26.6 Å². The zero-order chi connectivity index (χ0) is 52.5. The largest absolute Gasteiger partial charge is 0.737 e. The lowest BCUT2D eigenvalue weighted by atomic mass is 9.90. The van der Waals surface area contributed by atoms with Gasteiger partial charge in [-0.25, -0.2) is 0 Å². The second kappa shape index (κ2) is 23.0. The first-order valence-electron chi connectivity index (χ1n) is 24.2. The van der Waals surface area contributed by atoms with Crippen molar-refractivity contribution in [2.75, 3.05) is 50.5 Å². The Labute approximate surface area is 428 Å². The van der Waals surface area contributed by atoms with E-state index in [4.69, 9.17) is 9.15 Å². The van der Waals surface area contributed by atoms with E-state index in [1.54, 1.807) is 85.8 Å². The van der Waals surface area contributed by atoms with Crippen LogP contribution in [0.5, 0.6) is 11.5 Å². The number of para-hydroxylation sites is 1. The Morgan fingerprint density at radius 2 is 1.66 bits per heavy atom. The third-order valence-corrected chi connectivity index (χ3v) is 13.4. The molecule has 6 aromatic rings. The van der Waals surface area contributed by atoms with Crippen LogP contribution in [0, 0.1) is 6.92 Å². The molecule has 8 rings (SSSR count). The number of amides is 4. The van der Waals surface area contributed by atoms with Gasteiger partial charge in [0.2, 0.25) is 11.8 Å². The third-order valence-electron chi connectivity index (χ3n) is 12.6. The predicted molar refractivity (Wildman–Crippen MR) is 282 cm³/mol. The molecule has 6 N–H and O–H groups in total. The summed E-state index contributed by atoms with van der Waals surface area (Å²) in [6, 6.07) is 21.6. The first kappa shape index (κ1) is 52.0. The lowest BCUT2D eigenvalue weighted by molar-refractivity contribution is -0.360. The Hall–Kier alpha value is -8.33. The number of furan rings is 1. The van der Waals surface area contributed by atoms with E-state index < -0.39 is 35.4 Å². The summed E-state index contributed by atoms with van der Waals surface area (Å²) < 4.78 is 45.8. The number of aromatic hydroxyl groups is 1. The van der Waals surface area contributed by atoms with Crippen LogP contribution in [-0.4, -0.2) is 95.1 Å². The minimum Gasteiger partial charge on any atom is -0.505 e. The van der Waals surface area contributed by atoms with Gasteiger partial charge in [0.15, 0.2) is 23.8 Å². The topological polar surface area (TPSA) is 216 Å². The van der Waals surface area contributed by atoms with Crippen molar-refractivity contribution in [2.45, 2.75) is 52.0 Å². The number of carbonyl (C=O) groups excluding carboxylic acids is 4. The van der Waals surface area contributed by atoms with E-state index in [9.17, 15) is 33.9 Å². The smallest absolute Gasteiger partial charge is 0.505 e. The number of nitrogens with one attached hydrogen (secondary N) is 5. The summed E-state index contributed by atoms with van der Waals surface area (Å²) in [6.07, 6.45) is 11.1. The molecule has 384 valence electrons. The Bertz CT molecular complexity index is 3260. The molecule has 21 heteroatoms. The minimum atomic E-state index is -4.15. The van der Waals surface area contributed by atoms with Gasteiger partial charge < -0.3 is 63.3 Å². The van der Waals surface area contributed by atoms with Gasteiger partial charge in [-0.2, -0.15) is 0 Å². The molecule has 3 aromatic heterocycles. The Morgan fingerprint density at radius 1 is 0.878 bits per heavy atom. The van der Waals surface area contributed by atoms with E-state index in [0.29, 0.717) is 72.3 Å². The molecule has 0 aliphatic carbocycles. The number of unbranched alkanes of at least 4 members (excludes halogenated alkanes) is 2. The molecule has 74 heavy (non-hydrogen) atoms. The lowest BCUT2D eigenvalue weighted by Crippen LogP contribution is -2.50. The van der Waals surface area contributed by atoms with Crippen molar-refractivity contribution in [1.29, 1.82) is 0 Å². The number of aryl methyl sites for hydroxylation is 1. The zero-order valence-electron chi connectivity index (χ0n) is 40.9. The van der Waals surface area contributed by atoms with Gasteiger partial charge in [0, 0.05) is 62.7 Å². The second-order valence-corrected chi connectivity index (χ2v) is 18.7. The fourth-order valence-corrected chi connectivity index (χ4v) is 9.32. The maximum absolute atomic E-state index is 16.1. The number of fused-ring (bicyclic) bond motifs is 2. The van der Waals surface area contributed by atoms with Gasteiger partial charge in [0.1, 0.15) is 28.6 Å². The van der Waals surface area contributed by atoms with Crippen molar-refractivity contribution in [3.05, 3.63) is 161 Å². The standard InChI is InChI=1S/C53H55BF2N8O9S/c1-4-40(43-25-14-33(2)73-43)60-48-49(52(70)51(48)69)61-41-11-8-10-39(50(41)68)53(71)62(3)28-27-58-46(66)31-59-45(65)13-6-5-7-26-57-47(67)32-72-38-22-16-34(17-23-38)15-18-35-19-20-36-30-37-21-24-42(44-12-9-29-74-44)64(37)54(55,56)63(35)36/h8-12,14-25,29-30,40,60-61,68H,4-7,13,26-28,31-32H2,1-3H3,(H,57,67)(H,58,66)(H,59,65)/b18-15+/t40-/m1/s1. The molecule has 3 aromatic carbocycles. The Balaban J connectivity index is 0.681. The maximum atomic E-state index is 16.1. The number of phenols is 1. The van der Waals surface area contributed by atoms with Crippen LogP contribution in [0.3, 0.4) is 0 Å². The highest BCUT2D eigenvalue weighted by Crippen LogP contribution is 2.36. The maximum Gasteiger partial charge on any atom is 0.737 e. The number of thiophene rings is 1. The van der Waals surface area contributed by atoms with Crippen LogP contribution in [0.4, 0.5) is 25.7 Å². The Kier molecular flexibility index (Phi) is 16.2. The number of nitrogens with zero attached hydrogens (tertiary/aromatic N) is 3. The number of rotatable bonds is 24. The average Bonchev–Trinajstić information content (AvgIpc) is 4.24. The number of carbonyl (C=O) groups is 4. The van der Waals surface area contributed by atoms with Crippen molar-refractivity contribution >= 4 is 82.9 Å². The number of anilines is 3. The molecule has 0 fully saturated rings. The zero-order valence-corrected chi connectivity index (χ0v) is 41.7. The number of benzene rings is 2. The van der Waals surface area contributed by atoms with Crippen molar-refractivity contribution in [3.63, 3.8) is 0 Å². The van der Waals surface area contributed by atoms with Gasteiger partial charge in [0.25, 0.3) is 22.7 Å². The fourth-order valence-electron chi connectivity index (χ4n) is 8.57. The average molecular weight is 1030 g/mol. The summed E-state index contributed by atoms with van der Waals surface area (Å²) in [5.41, 5.74) is 0.945. The lowest BCUT2D eigenvalue weighted by Gasteiger charge is -2.30. The highest BCUT2D eigenvalue weighted by molar-refractivity contribution is 7.12. The molecule has 0 bridgehead atoms. The van der Waals surface area contributed by atoms with Crippen molar-refractivity contribution in [3.8, 4) is 11.5 Å². The third kappa shape index (κ3) is 11.8. The summed E-state index contributed by atoms with van der Waals surface area (Å²) in [6.45, 7) is -0.428. The van der Waals surface area contributed by atoms with Crippen LogP contribution in [0.15, 0.2) is 116 Å². The molecule has 0 spiro atoms. The number of ether oxygens (including phenoxy) is 1. The van der Waals surface area contributed by atoms with Gasteiger partial charge in [0.05, 0.1) is 28.7 Å². The van der Waals surface area contributed by atoms with Crippen LogP contribution >= 0.6 is 11.3 Å². The van der Waals surface area contributed by atoms with Crippen molar-refractivity contribution in [1.82, 2.24) is 25.3 Å². The molecule has 2 aliphatic rings. The molecular weight excluding hydrogens is 974 g/mol. The van der Waals surface area contributed by atoms with E-state index in [1.807, 2.05) is 24.4 Å². The van der Waals surface area contributed by atoms with Gasteiger partial charge >= 0.3 is 6.97 Å². The summed E-state index contributed by atoms with van der Waals surface area (Å²) in [7, 11) is 1.49. The van der Waals surface area contributed by atoms with Crippen LogP contribution in [0.1, 0.15) is 88.8 Å². The summed E-state index contributed by atoms with van der Waals surface area (Å²) in [5, 5.41) is 26.8. The number of allylic oxidation sites excluding steroid dienone is 2. The minimum absolute atomic E-state index is 0.0409. The number of hydrogen-bond donors (Lipinski definition) is 6. The highest BCUT2D eigenvalue weighted by Gasteiger charge is 2.52. The molecular formula is C53H55BF2N8O9S. The summed E-state index contributed by atoms with van der Waals surface area (Å²) >= 11 is 1.41. The Morgan fingerprint density at radius 3 is 2.41 bits per heavy atom. The van der Waals surface area contributed by atoms with Gasteiger partial charge in [-0.3, -0.25) is 28.8 Å². The molecule has 2 aliphatic heterocycles. The van der Waals surface area contributed by atoms with Gasteiger partial charge in [-0.15, -0.1) is 11.3 Å². The summed E-state index contributed by atoms with van der Waals surface area (Å²) in [5.74, 6) is -0.332. The molecule has 4 amide bonds. The van der Waals surface area contributed by atoms with E-state index in [-0.39, 0.29) is 73.1 Å². The summed E-state index contributed by atoms with van der Waals surface area (Å²) in [4.78, 5) is 77.7. The highest BCUT2D eigenvalue weighted by atomic mass is 32.1. The number of aromatic nitrogens is 1. The second-order valence-electron chi connectivity index (χ2n) is 17.8. The van der Waals surface area contributed by atoms with E-state index in [0.717, 1.165) is 19.4 Å². The first-order valence-corrected chi connectivity index (χ1v) is 25.1. The van der Waals surface area contributed by atoms with Gasteiger partial charge in [-0.05, 0) is 97.8 Å². The molecule has 0 unspecified atom stereocenters. The van der Waals surface area contributed by atoms with Crippen LogP contribution in [0.25, 0.3) is 18.2 Å². The van der Waals surface area contributed by atoms with Crippen molar-refractivity contribution in [2.24, 2.45) is 0 Å². The van der Waals surface area contributed by atoms with Crippen molar-refractivity contribution < 1.29 is 46.6 Å².